The van der Waals surface area contributed by atoms with Crippen molar-refractivity contribution in [3.05, 3.63) is 35.6 Å². The maximum atomic E-state index is 13.9. The highest BCUT2D eigenvalue weighted by atomic mass is 19.1. The first-order valence-corrected chi connectivity index (χ1v) is 6.92. The molecule has 1 aliphatic rings. The fourth-order valence-electron chi connectivity index (χ4n) is 2.26. The van der Waals surface area contributed by atoms with E-state index in [2.05, 4.69) is 21.5 Å². The topological polar surface area (TPSA) is 36.4 Å². The lowest BCUT2D eigenvalue weighted by atomic mass is 9.95. The van der Waals surface area contributed by atoms with Crippen LogP contribution >= 0.6 is 0 Å². The van der Waals surface area contributed by atoms with E-state index in [9.17, 15) is 4.39 Å². The molecule has 0 aliphatic heterocycles. The molecule has 0 radical (unpaired) electrons. The number of benzene rings is 1. The molecular formula is C16H20FN3. The fourth-order valence-corrected chi connectivity index (χ4v) is 2.26. The molecule has 1 aromatic rings. The Morgan fingerprint density at radius 1 is 1.40 bits per heavy atom. The lowest BCUT2D eigenvalue weighted by molar-refractivity contribution is 0.572. The number of terminal acetylenes is 1. The van der Waals surface area contributed by atoms with Gasteiger partial charge in [-0.3, -0.25) is 4.99 Å². The third-order valence-electron chi connectivity index (χ3n) is 3.54. The Balaban J connectivity index is 2.08. The molecule has 0 atom stereocenters. The normalized spacial score (nSPS) is 16.4. The minimum atomic E-state index is -0.137. The molecule has 2 N–H and O–H groups in total. The molecule has 0 aromatic heterocycles. The number of halogens is 1. The highest BCUT2D eigenvalue weighted by Crippen LogP contribution is 2.49. The minimum absolute atomic E-state index is 0.135. The molecule has 4 heteroatoms. The summed E-state index contributed by atoms with van der Waals surface area (Å²) in [6.07, 6.45) is 7.19. The van der Waals surface area contributed by atoms with E-state index < -0.39 is 0 Å². The van der Waals surface area contributed by atoms with E-state index in [1.165, 1.54) is 6.07 Å². The van der Waals surface area contributed by atoms with E-state index in [1.807, 2.05) is 19.1 Å². The van der Waals surface area contributed by atoms with Crippen molar-refractivity contribution in [2.24, 2.45) is 4.99 Å². The Morgan fingerprint density at radius 2 is 2.15 bits per heavy atom. The predicted octanol–water partition coefficient (Wildman–Crippen LogP) is 2.05. The van der Waals surface area contributed by atoms with Gasteiger partial charge in [-0.2, -0.15) is 0 Å². The van der Waals surface area contributed by atoms with Crippen LogP contribution in [0.25, 0.3) is 0 Å². The second-order valence-corrected chi connectivity index (χ2v) is 5.01. The van der Waals surface area contributed by atoms with E-state index in [4.69, 9.17) is 6.42 Å². The van der Waals surface area contributed by atoms with Crippen molar-refractivity contribution in [1.29, 1.82) is 0 Å². The summed E-state index contributed by atoms with van der Waals surface area (Å²) >= 11 is 0. The second-order valence-electron chi connectivity index (χ2n) is 5.01. The molecule has 0 amide bonds. The van der Waals surface area contributed by atoms with Gasteiger partial charge in [-0.15, -0.1) is 6.42 Å². The van der Waals surface area contributed by atoms with E-state index in [1.54, 1.807) is 6.07 Å². The molecule has 20 heavy (non-hydrogen) atoms. The maximum Gasteiger partial charge on any atom is 0.192 e. The third kappa shape index (κ3) is 3.30. The summed E-state index contributed by atoms with van der Waals surface area (Å²) in [5.41, 5.74) is 0.640. The van der Waals surface area contributed by atoms with Crippen molar-refractivity contribution >= 4 is 5.96 Å². The third-order valence-corrected chi connectivity index (χ3v) is 3.54. The van der Waals surface area contributed by atoms with Crippen molar-refractivity contribution in [3.8, 4) is 12.3 Å². The quantitative estimate of drug-likeness (QED) is 0.489. The summed E-state index contributed by atoms with van der Waals surface area (Å²) in [5, 5.41) is 6.18. The zero-order chi connectivity index (χ0) is 14.4. The molecular weight excluding hydrogens is 253 g/mol. The molecule has 0 unspecified atom stereocenters. The Bertz CT molecular complexity index is 527. The smallest absolute Gasteiger partial charge is 0.192 e. The Morgan fingerprint density at radius 3 is 2.75 bits per heavy atom. The molecule has 1 aliphatic carbocycles. The Hall–Kier alpha value is -2.02. The molecule has 106 valence electrons. The number of hydrogen-bond acceptors (Lipinski definition) is 1. The highest BCUT2D eigenvalue weighted by Gasteiger charge is 2.45. The van der Waals surface area contributed by atoms with Crippen LogP contribution in [-0.4, -0.2) is 25.6 Å². The van der Waals surface area contributed by atoms with Crippen molar-refractivity contribution in [1.82, 2.24) is 10.6 Å². The number of hydrogen-bond donors (Lipinski definition) is 2. The molecule has 0 bridgehead atoms. The van der Waals surface area contributed by atoms with Crippen molar-refractivity contribution in [3.63, 3.8) is 0 Å². The van der Waals surface area contributed by atoms with Crippen LogP contribution in [0.3, 0.4) is 0 Å². The van der Waals surface area contributed by atoms with Gasteiger partial charge in [0.2, 0.25) is 0 Å². The van der Waals surface area contributed by atoms with Gasteiger partial charge in [0.15, 0.2) is 5.96 Å². The lowest BCUT2D eigenvalue weighted by Crippen LogP contribution is -2.38. The van der Waals surface area contributed by atoms with Gasteiger partial charge in [0.05, 0.1) is 13.1 Å². The van der Waals surface area contributed by atoms with Gasteiger partial charge < -0.3 is 10.6 Å². The highest BCUT2D eigenvalue weighted by molar-refractivity contribution is 5.80. The van der Waals surface area contributed by atoms with Gasteiger partial charge in [0.25, 0.3) is 0 Å². The first-order chi connectivity index (χ1) is 9.72. The predicted molar refractivity (Wildman–Crippen MR) is 80.1 cm³/mol. The largest absolute Gasteiger partial charge is 0.357 e. The monoisotopic (exact) mass is 273 g/mol. The summed E-state index contributed by atoms with van der Waals surface area (Å²) in [6, 6.07) is 6.97. The van der Waals surface area contributed by atoms with Crippen LogP contribution in [0.5, 0.6) is 0 Å². The van der Waals surface area contributed by atoms with Crippen LogP contribution < -0.4 is 10.6 Å². The van der Waals surface area contributed by atoms with E-state index in [0.29, 0.717) is 19.0 Å². The molecule has 0 heterocycles. The number of rotatable bonds is 5. The Kier molecular flexibility index (Phi) is 4.62. The van der Waals surface area contributed by atoms with Crippen LogP contribution in [0.4, 0.5) is 4.39 Å². The molecule has 2 rings (SSSR count). The summed E-state index contributed by atoms with van der Waals surface area (Å²) in [7, 11) is 0. The SMILES string of the molecule is C#CCNC(=NCC1(c2ccccc2F)CC1)NCC. The standard InChI is InChI=1S/C16H20FN3/c1-3-11-19-15(18-4-2)20-12-16(9-10-16)13-7-5-6-8-14(13)17/h1,5-8H,4,9-12H2,2H3,(H2,18,19,20). The van der Waals surface area contributed by atoms with Crippen LogP contribution in [0, 0.1) is 18.2 Å². The summed E-state index contributed by atoms with van der Waals surface area (Å²) in [4.78, 5) is 4.53. The summed E-state index contributed by atoms with van der Waals surface area (Å²) in [6.45, 7) is 3.77. The first-order valence-electron chi connectivity index (χ1n) is 6.92. The Labute approximate surface area is 119 Å². The fraction of sp³-hybridized carbons (Fsp3) is 0.438. The van der Waals surface area contributed by atoms with Gasteiger partial charge in [-0.25, -0.2) is 4.39 Å². The zero-order valence-electron chi connectivity index (χ0n) is 11.7. The molecule has 0 spiro atoms. The van der Waals surface area contributed by atoms with E-state index >= 15 is 0 Å². The maximum absolute atomic E-state index is 13.9. The minimum Gasteiger partial charge on any atom is -0.357 e. The van der Waals surface area contributed by atoms with Crippen LogP contribution in [0.2, 0.25) is 0 Å². The van der Waals surface area contributed by atoms with Gasteiger partial charge in [-0.1, -0.05) is 24.1 Å². The van der Waals surface area contributed by atoms with Crippen molar-refractivity contribution < 1.29 is 4.39 Å². The zero-order valence-corrected chi connectivity index (χ0v) is 11.7. The molecule has 1 fully saturated rings. The number of aliphatic imine (C=N–C) groups is 1. The van der Waals surface area contributed by atoms with E-state index in [-0.39, 0.29) is 11.2 Å². The second kappa shape index (κ2) is 6.42. The molecule has 1 saturated carbocycles. The number of nitrogens with one attached hydrogen (secondary N) is 2. The van der Waals surface area contributed by atoms with Crippen molar-refractivity contribution in [2.45, 2.75) is 25.2 Å². The van der Waals surface area contributed by atoms with Crippen LogP contribution in [-0.2, 0) is 5.41 Å². The number of guanidine groups is 1. The summed E-state index contributed by atoms with van der Waals surface area (Å²) < 4.78 is 13.9. The van der Waals surface area contributed by atoms with Crippen LogP contribution in [0.15, 0.2) is 29.3 Å². The number of nitrogens with zero attached hydrogens (tertiary/aromatic N) is 1. The van der Waals surface area contributed by atoms with E-state index in [0.717, 1.165) is 24.9 Å². The van der Waals surface area contributed by atoms with Gasteiger partial charge >= 0.3 is 0 Å². The average molecular weight is 273 g/mol. The average Bonchev–Trinajstić information content (AvgIpc) is 3.23. The lowest BCUT2D eigenvalue weighted by Gasteiger charge is -2.16. The molecule has 3 nitrogen and oxygen atoms in total. The van der Waals surface area contributed by atoms with Crippen molar-refractivity contribution in [2.75, 3.05) is 19.6 Å². The molecule has 1 aromatic carbocycles. The van der Waals surface area contributed by atoms with Gasteiger partial charge in [0.1, 0.15) is 5.82 Å². The van der Waals surface area contributed by atoms with Crippen LogP contribution in [0.1, 0.15) is 25.3 Å². The summed E-state index contributed by atoms with van der Waals surface area (Å²) in [5.74, 6) is 3.07. The van der Waals surface area contributed by atoms with Gasteiger partial charge in [0, 0.05) is 12.0 Å². The van der Waals surface area contributed by atoms with Gasteiger partial charge in [-0.05, 0) is 31.4 Å². The first kappa shape index (κ1) is 14.4. The molecule has 0 saturated heterocycles.